The lowest BCUT2D eigenvalue weighted by Crippen LogP contribution is -2.30. The van der Waals surface area contributed by atoms with Crippen molar-refractivity contribution in [1.82, 2.24) is 15.2 Å². The van der Waals surface area contributed by atoms with Crippen molar-refractivity contribution in [2.75, 3.05) is 14.2 Å². The maximum Gasteiger partial charge on any atom is 0.118 e. The van der Waals surface area contributed by atoms with E-state index in [9.17, 15) is 0 Å². The fraction of sp³-hybridized carbons (Fsp3) is 0.154. The molecule has 5 nitrogen and oxygen atoms in total. The van der Waals surface area contributed by atoms with Gasteiger partial charge in [-0.15, -0.1) is 0 Å². The predicted molar refractivity (Wildman–Crippen MR) is 121 cm³/mol. The lowest BCUT2D eigenvalue weighted by Gasteiger charge is -2.34. The van der Waals surface area contributed by atoms with Crippen LogP contribution in [0.15, 0.2) is 79.0 Å². The number of ether oxygens (including phenoxy) is 2. The number of methoxy groups -OCH3 is 2. The third-order valence-corrected chi connectivity index (χ3v) is 5.99. The number of hydrogen-bond donors (Lipinski definition) is 1. The molecule has 154 valence electrons. The minimum atomic E-state index is -0.334. The molecule has 5 rings (SSSR count). The van der Waals surface area contributed by atoms with Gasteiger partial charge in [0, 0.05) is 29.3 Å². The van der Waals surface area contributed by atoms with Crippen molar-refractivity contribution >= 4 is 6.08 Å². The number of fused-ring (bicyclic) bond motifs is 1. The van der Waals surface area contributed by atoms with Crippen molar-refractivity contribution in [2.45, 2.75) is 11.8 Å². The number of nitrogens with zero attached hydrogens (tertiary/aromatic N) is 2. The molecule has 0 bridgehead atoms. The van der Waals surface area contributed by atoms with E-state index in [1.165, 1.54) is 11.1 Å². The van der Waals surface area contributed by atoms with Gasteiger partial charge in [0.15, 0.2) is 0 Å². The van der Waals surface area contributed by atoms with Crippen LogP contribution in [0.2, 0.25) is 0 Å². The molecule has 1 N–H and O–H groups in total. The number of benzene rings is 2. The van der Waals surface area contributed by atoms with E-state index in [-0.39, 0.29) is 5.41 Å². The van der Waals surface area contributed by atoms with E-state index < -0.39 is 0 Å². The van der Waals surface area contributed by atoms with Gasteiger partial charge in [-0.3, -0.25) is 10.1 Å². The normalized spacial score (nSPS) is 14.1. The van der Waals surface area contributed by atoms with Crippen molar-refractivity contribution in [3.63, 3.8) is 0 Å². The zero-order valence-corrected chi connectivity index (χ0v) is 17.5. The summed E-state index contributed by atoms with van der Waals surface area (Å²) in [6.07, 6.45) is 7.00. The Morgan fingerprint density at radius 2 is 1.48 bits per heavy atom. The highest BCUT2D eigenvalue weighted by atomic mass is 16.5. The fourth-order valence-corrected chi connectivity index (χ4v) is 4.30. The van der Waals surface area contributed by atoms with Gasteiger partial charge in [-0.25, -0.2) is 0 Å². The summed E-state index contributed by atoms with van der Waals surface area (Å²) in [6, 6.07) is 22.5. The van der Waals surface area contributed by atoms with Crippen LogP contribution in [0, 0.1) is 0 Å². The zero-order valence-electron chi connectivity index (χ0n) is 17.5. The molecule has 0 aliphatic heterocycles. The number of hydrogen-bond acceptors (Lipinski definition) is 4. The Bertz CT molecular complexity index is 1160. The number of H-pyrrole nitrogens is 1. The van der Waals surface area contributed by atoms with Crippen LogP contribution in [0.3, 0.4) is 0 Å². The molecule has 0 unspecified atom stereocenters. The molecule has 1 aliphatic carbocycles. The summed E-state index contributed by atoms with van der Waals surface area (Å²) in [5.74, 6) is 1.68. The van der Waals surface area contributed by atoms with Gasteiger partial charge in [-0.05, 0) is 47.5 Å². The molecule has 0 amide bonds. The molecule has 0 radical (unpaired) electrons. The summed E-state index contributed by atoms with van der Waals surface area (Å²) in [5.41, 5.74) is 5.98. The quantitative estimate of drug-likeness (QED) is 0.501. The van der Waals surface area contributed by atoms with Gasteiger partial charge in [0.2, 0.25) is 0 Å². The number of aromatic amines is 1. The highest BCUT2D eigenvalue weighted by Gasteiger charge is 2.36. The van der Waals surface area contributed by atoms with Gasteiger partial charge in [0.05, 0.1) is 19.9 Å². The Balaban J connectivity index is 1.63. The topological polar surface area (TPSA) is 60.0 Å². The molecule has 2 aromatic carbocycles. The van der Waals surface area contributed by atoms with Crippen LogP contribution < -0.4 is 9.47 Å². The smallest absolute Gasteiger partial charge is 0.118 e. The van der Waals surface area contributed by atoms with Gasteiger partial charge < -0.3 is 9.47 Å². The third kappa shape index (κ3) is 3.28. The van der Waals surface area contributed by atoms with Gasteiger partial charge in [0.1, 0.15) is 17.2 Å². The Morgan fingerprint density at radius 3 is 2.03 bits per heavy atom. The largest absolute Gasteiger partial charge is 0.497 e. The molecule has 0 saturated heterocycles. The van der Waals surface area contributed by atoms with Crippen molar-refractivity contribution < 1.29 is 9.47 Å². The number of rotatable bonds is 5. The van der Waals surface area contributed by atoms with E-state index in [0.29, 0.717) is 0 Å². The number of allylic oxidation sites excluding steroid dienone is 1. The fourth-order valence-electron chi connectivity index (χ4n) is 4.30. The van der Waals surface area contributed by atoms with Crippen LogP contribution >= 0.6 is 0 Å². The summed E-state index contributed by atoms with van der Waals surface area (Å²) in [6.45, 7) is 0. The monoisotopic (exact) mass is 409 g/mol. The van der Waals surface area contributed by atoms with E-state index in [0.717, 1.165) is 40.6 Å². The van der Waals surface area contributed by atoms with Gasteiger partial charge >= 0.3 is 0 Å². The zero-order chi connectivity index (χ0) is 21.3. The van der Waals surface area contributed by atoms with Crippen LogP contribution in [-0.4, -0.2) is 29.4 Å². The van der Waals surface area contributed by atoms with Crippen molar-refractivity contribution in [2.24, 2.45) is 0 Å². The average Bonchev–Trinajstić information content (AvgIpc) is 3.27. The number of aromatic nitrogens is 3. The highest BCUT2D eigenvalue weighted by molar-refractivity contribution is 5.74. The maximum absolute atomic E-state index is 5.38. The standard InChI is InChI=1S/C26H23N3O2/c1-30-20-10-6-18(7-11-20)26(19-8-12-21(31-2)13-9-19)15-14-22-24(17-26)28-29-25(22)23-5-3-4-16-27-23/h3-16H,17H2,1-2H3,(H,28,29). The van der Waals surface area contributed by atoms with Crippen LogP contribution in [0.1, 0.15) is 22.4 Å². The molecular weight excluding hydrogens is 386 g/mol. The first kappa shape index (κ1) is 19.1. The van der Waals surface area contributed by atoms with E-state index in [1.54, 1.807) is 20.4 Å². The molecule has 4 aromatic rings. The minimum Gasteiger partial charge on any atom is -0.497 e. The summed E-state index contributed by atoms with van der Waals surface area (Å²) in [4.78, 5) is 4.48. The van der Waals surface area contributed by atoms with Crippen LogP contribution in [0.25, 0.3) is 17.5 Å². The second kappa shape index (κ2) is 7.76. The Kier molecular flexibility index (Phi) is 4.79. The number of pyridine rings is 1. The lowest BCUT2D eigenvalue weighted by molar-refractivity contribution is 0.414. The van der Waals surface area contributed by atoms with E-state index in [4.69, 9.17) is 9.47 Å². The first-order valence-corrected chi connectivity index (χ1v) is 10.2. The molecular formula is C26H23N3O2. The molecule has 5 heteroatoms. The Morgan fingerprint density at radius 1 is 0.839 bits per heavy atom. The van der Waals surface area contributed by atoms with E-state index in [2.05, 4.69) is 51.6 Å². The highest BCUT2D eigenvalue weighted by Crippen LogP contribution is 2.43. The molecule has 0 fully saturated rings. The molecule has 1 aliphatic rings. The Labute approximate surface area is 181 Å². The second-order valence-corrected chi connectivity index (χ2v) is 7.62. The van der Waals surface area contributed by atoms with Gasteiger partial charge in [-0.1, -0.05) is 42.5 Å². The average molecular weight is 409 g/mol. The van der Waals surface area contributed by atoms with Crippen LogP contribution in [0.5, 0.6) is 11.5 Å². The maximum atomic E-state index is 5.38. The van der Waals surface area contributed by atoms with Crippen molar-refractivity contribution in [3.05, 3.63) is 101 Å². The molecule has 0 saturated carbocycles. The molecule has 0 atom stereocenters. The first-order valence-electron chi connectivity index (χ1n) is 10.2. The van der Waals surface area contributed by atoms with E-state index in [1.807, 2.05) is 42.5 Å². The molecule has 31 heavy (non-hydrogen) atoms. The summed E-state index contributed by atoms with van der Waals surface area (Å²) >= 11 is 0. The molecule has 2 aromatic heterocycles. The van der Waals surface area contributed by atoms with Gasteiger partial charge in [0.25, 0.3) is 0 Å². The number of nitrogens with one attached hydrogen (secondary N) is 1. The first-order chi connectivity index (χ1) is 15.2. The lowest BCUT2D eigenvalue weighted by atomic mass is 9.68. The van der Waals surface area contributed by atoms with Crippen LogP contribution in [-0.2, 0) is 11.8 Å². The predicted octanol–water partition coefficient (Wildman–Crippen LogP) is 5.04. The second-order valence-electron chi connectivity index (χ2n) is 7.62. The van der Waals surface area contributed by atoms with Crippen LogP contribution in [0.4, 0.5) is 0 Å². The summed E-state index contributed by atoms with van der Waals surface area (Å²) in [7, 11) is 3.37. The van der Waals surface area contributed by atoms with E-state index >= 15 is 0 Å². The summed E-state index contributed by atoms with van der Waals surface area (Å²) in [5, 5.41) is 7.87. The van der Waals surface area contributed by atoms with Gasteiger partial charge in [-0.2, -0.15) is 5.10 Å². The molecule has 2 heterocycles. The third-order valence-electron chi connectivity index (χ3n) is 5.99. The van der Waals surface area contributed by atoms with Crippen molar-refractivity contribution in [3.8, 4) is 22.9 Å². The summed E-state index contributed by atoms with van der Waals surface area (Å²) < 4.78 is 10.8. The SMILES string of the molecule is COc1ccc(C2(c3ccc(OC)cc3)C=Cc3c(-c4ccccn4)n[nH]c3C2)cc1. The minimum absolute atomic E-state index is 0.334. The Hall–Kier alpha value is -3.86. The van der Waals surface area contributed by atoms with Crippen molar-refractivity contribution in [1.29, 1.82) is 0 Å². The molecule has 0 spiro atoms.